The van der Waals surface area contributed by atoms with Gasteiger partial charge in [-0.2, -0.15) is 0 Å². The van der Waals surface area contributed by atoms with E-state index in [2.05, 4.69) is 21.3 Å². The van der Waals surface area contributed by atoms with Crippen molar-refractivity contribution >= 4 is 53.3 Å². The number of imidazole rings is 1. The van der Waals surface area contributed by atoms with Gasteiger partial charge in [0.15, 0.2) is 0 Å². The second kappa shape index (κ2) is 26.0. The molecular weight excluding hydrogens is 1040 g/mol. The highest BCUT2D eigenvalue weighted by Gasteiger charge is 2.45. The minimum Gasteiger partial charge on any atom is -0.445 e. The van der Waals surface area contributed by atoms with E-state index in [1.165, 1.54) is 55.3 Å². The van der Waals surface area contributed by atoms with Crippen LogP contribution in [0.1, 0.15) is 84.3 Å². The number of aliphatic hydroxyl groups excluding tert-OH is 1. The number of carbonyl (C=O) groups is 8. The Morgan fingerprint density at radius 2 is 1.53 bits per heavy atom. The third kappa shape index (κ3) is 15.5. The van der Waals surface area contributed by atoms with E-state index in [1.54, 1.807) is 57.4 Å². The van der Waals surface area contributed by atoms with Crippen LogP contribution in [0.2, 0.25) is 0 Å². The zero-order chi connectivity index (χ0) is 58.0. The molecule has 9 amide bonds. The van der Waals surface area contributed by atoms with E-state index in [1.807, 2.05) is 0 Å². The molecule has 7 N–H and O–H groups in total. The molecule has 0 unspecified atom stereocenters. The molecule has 0 radical (unpaired) electrons. The lowest BCUT2D eigenvalue weighted by atomic mass is 9.84. The Bertz CT molecular complexity index is 2930. The van der Waals surface area contributed by atoms with E-state index in [4.69, 9.17) is 15.5 Å². The number of nitrogens with two attached hydrogens (primary N) is 1. The summed E-state index contributed by atoms with van der Waals surface area (Å²) in [5.41, 5.74) is 5.30. The number of aromatic nitrogens is 2. The smallest absolute Gasteiger partial charge is 0.410 e. The van der Waals surface area contributed by atoms with Gasteiger partial charge in [-0.1, -0.05) is 58.9 Å². The minimum absolute atomic E-state index is 0.00212. The molecule has 24 heteroatoms. The summed E-state index contributed by atoms with van der Waals surface area (Å²) in [4.78, 5) is 112. The topological polar surface area (TPSA) is 268 Å². The van der Waals surface area contributed by atoms with Crippen molar-refractivity contribution in [3.8, 4) is 11.3 Å². The van der Waals surface area contributed by atoms with Gasteiger partial charge < -0.3 is 51.2 Å². The van der Waals surface area contributed by atoms with Crippen molar-refractivity contribution in [3.05, 3.63) is 119 Å². The van der Waals surface area contributed by atoms with Crippen LogP contribution in [0.5, 0.6) is 0 Å². The van der Waals surface area contributed by atoms with Crippen molar-refractivity contribution in [2.75, 3.05) is 31.5 Å². The average Bonchev–Trinajstić information content (AvgIpc) is 4.16. The zero-order valence-electron chi connectivity index (χ0n) is 44.8. The molecule has 0 bridgehead atoms. The molecule has 0 aliphatic carbocycles. The lowest BCUT2D eigenvalue weighted by molar-refractivity contribution is -0.146. The van der Waals surface area contributed by atoms with Gasteiger partial charge in [0.1, 0.15) is 60.3 Å². The van der Waals surface area contributed by atoms with Crippen LogP contribution < -0.4 is 27.0 Å². The number of anilines is 1. The molecule has 7 atom stereocenters. The second-order valence-electron chi connectivity index (χ2n) is 21.0. The minimum atomic E-state index is -1.67. The van der Waals surface area contributed by atoms with Crippen molar-refractivity contribution in [1.82, 2.24) is 40.2 Å². The van der Waals surface area contributed by atoms with Crippen molar-refractivity contribution in [3.63, 3.8) is 0 Å². The number of ether oxygens (including phenoxy) is 1. The zero-order valence-corrected chi connectivity index (χ0v) is 44.8. The highest BCUT2D eigenvalue weighted by molar-refractivity contribution is 6.15. The number of primary amides is 1. The quantitative estimate of drug-likeness (QED) is 0.0336. The van der Waals surface area contributed by atoms with Gasteiger partial charge in [-0.3, -0.25) is 33.7 Å². The third-order valence-electron chi connectivity index (χ3n) is 13.4. The number of rotatable bonds is 22. The molecule has 6 rings (SSSR count). The average molecular weight is 1100 g/mol. The van der Waals surface area contributed by atoms with Gasteiger partial charge in [0.05, 0.1) is 18.3 Å². The van der Waals surface area contributed by atoms with Crippen LogP contribution in [-0.2, 0) is 46.7 Å². The summed E-state index contributed by atoms with van der Waals surface area (Å²) in [6.07, 6.45) is -0.421. The molecule has 1 fully saturated rings. The first-order valence-corrected chi connectivity index (χ1v) is 25.6. The van der Waals surface area contributed by atoms with E-state index >= 15 is 8.78 Å². The summed E-state index contributed by atoms with van der Waals surface area (Å²) in [6.45, 7) is 10.0. The van der Waals surface area contributed by atoms with E-state index in [0.717, 1.165) is 40.2 Å². The fourth-order valence-corrected chi connectivity index (χ4v) is 9.31. The third-order valence-corrected chi connectivity index (χ3v) is 13.4. The molecule has 2 aliphatic heterocycles. The number of alkyl halides is 1. The Hall–Kier alpha value is -8.15. The Morgan fingerprint density at radius 3 is 2.15 bits per heavy atom. The molecule has 3 aromatic carbocycles. The maximum atomic E-state index is 16.2. The van der Waals surface area contributed by atoms with Crippen LogP contribution in [-0.4, -0.2) is 134 Å². The molecular formula is C55H66F4N10O10. The van der Waals surface area contributed by atoms with Gasteiger partial charge in [-0.05, 0) is 91.6 Å². The molecule has 79 heavy (non-hydrogen) atoms. The molecule has 424 valence electrons. The number of nitrogens with zero attached hydrogens (tertiary/aromatic N) is 5. The summed E-state index contributed by atoms with van der Waals surface area (Å²) in [5, 5.41) is 21.1. The Labute approximate surface area is 454 Å². The number of benzene rings is 3. The molecule has 1 aromatic heterocycles. The first-order valence-electron chi connectivity index (χ1n) is 25.6. The van der Waals surface area contributed by atoms with E-state index in [0.29, 0.717) is 11.1 Å². The summed E-state index contributed by atoms with van der Waals surface area (Å²) in [7, 11) is 0. The number of hydrogen-bond donors (Lipinski definition) is 6. The molecule has 4 aromatic rings. The van der Waals surface area contributed by atoms with Crippen LogP contribution in [0.25, 0.3) is 11.3 Å². The first kappa shape index (κ1) is 60.1. The van der Waals surface area contributed by atoms with Crippen molar-refractivity contribution < 1.29 is 65.8 Å². The standard InChI is InChI=1S/C55H66F4N10O10/c1-30(2)46(65-49(73)31(3)69-44(71)19-20-45(69)72)51(75)64-42(12-9-21-61-53(60)77)50(74)62-38-16-13-33(14-17-38)29-79-54(78)67-25-35(41(59)27-67)26-68(52(76)32(4)70)47(55(5,6)7)48-63-43(39-23-37(57)15-18-40(39)58)28-66(48)24-34-10-8-11-36(56)22-34/h8,10-11,13-20,22-23,28,30-32,35,41-42,46-47,70H,9,12,21,24-27,29H2,1-7H3,(H,62,74)(H,64,75)(H,65,73)(H3,60,61,77)/t31-,32-,35-,41-,42-,46-,47-/m0/s1. The lowest BCUT2D eigenvalue weighted by Crippen LogP contribution is -2.57. The van der Waals surface area contributed by atoms with Crippen LogP contribution in [0.4, 0.5) is 32.8 Å². The molecule has 0 spiro atoms. The van der Waals surface area contributed by atoms with Gasteiger partial charge >= 0.3 is 12.1 Å². The van der Waals surface area contributed by atoms with E-state index in [-0.39, 0.29) is 68.4 Å². The highest BCUT2D eigenvalue weighted by atomic mass is 19.1. The van der Waals surface area contributed by atoms with Crippen molar-refractivity contribution in [1.29, 1.82) is 0 Å². The van der Waals surface area contributed by atoms with Crippen LogP contribution >= 0.6 is 0 Å². The van der Waals surface area contributed by atoms with Crippen LogP contribution in [0, 0.1) is 34.7 Å². The second-order valence-corrected chi connectivity index (χ2v) is 21.0. The molecule has 3 heterocycles. The maximum Gasteiger partial charge on any atom is 0.410 e. The number of urea groups is 1. The number of imide groups is 1. The van der Waals surface area contributed by atoms with E-state index < -0.39 is 125 Å². The Balaban J connectivity index is 1.12. The molecule has 0 saturated carbocycles. The monoisotopic (exact) mass is 1100 g/mol. The fraction of sp³-hybridized carbons (Fsp3) is 0.436. The number of aliphatic hydroxyl groups is 1. The molecule has 20 nitrogen and oxygen atoms in total. The maximum absolute atomic E-state index is 16.2. The van der Waals surface area contributed by atoms with Gasteiger partial charge in [-0.25, -0.2) is 32.1 Å². The van der Waals surface area contributed by atoms with Crippen molar-refractivity contribution in [2.45, 2.75) is 111 Å². The summed E-state index contributed by atoms with van der Waals surface area (Å²) in [6, 6.07) is 9.18. The lowest BCUT2D eigenvalue weighted by Gasteiger charge is -2.41. The summed E-state index contributed by atoms with van der Waals surface area (Å²) in [5.74, 6) is -7.77. The van der Waals surface area contributed by atoms with E-state index in [9.17, 15) is 52.2 Å². The highest BCUT2D eigenvalue weighted by Crippen LogP contribution is 2.41. The largest absolute Gasteiger partial charge is 0.445 e. The van der Waals surface area contributed by atoms with Crippen LogP contribution in [0.3, 0.4) is 0 Å². The summed E-state index contributed by atoms with van der Waals surface area (Å²) < 4.78 is 67.5. The van der Waals surface area contributed by atoms with Gasteiger partial charge in [-0.15, -0.1) is 0 Å². The van der Waals surface area contributed by atoms with Crippen molar-refractivity contribution in [2.24, 2.45) is 23.0 Å². The number of halogens is 4. The first-order chi connectivity index (χ1) is 37.2. The van der Waals surface area contributed by atoms with Gasteiger partial charge in [0, 0.05) is 61.7 Å². The normalized spacial score (nSPS) is 17.2. The number of nitrogens with one attached hydrogen (secondary N) is 4. The Morgan fingerprint density at radius 1 is 0.861 bits per heavy atom. The van der Waals surface area contributed by atoms with Gasteiger partial charge in [0.25, 0.3) is 17.7 Å². The number of likely N-dealkylation sites (tertiary alicyclic amines) is 1. The molecule has 2 aliphatic rings. The number of carbonyl (C=O) groups excluding carboxylic acids is 8. The fourth-order valence-electron chi connectivity index (χ4n) is 9.31. The Kier molecular flexibility index (Phi) is 19.8. The SMILES string of the molecule is CC(C)[C@H](NC(=O)[C@H](C)N1C(=O)C=CC1=O)C(=O)N[C@@H](CCCNC(N)=O)C(=O)Nc1ccc(COC(=O)N2C[C@@H](CN(C(=O)[C@H](C)O)[C@@H](c3nc(-c4cc(F)ccc4F)cn3Cc3cccc(F)c3)C(C)(C)C)[C@@H](F)C2)cc1. The van der Waals surface area contributed by atoms with Crippen LogP contribution in [0.15, 0.2) is 85.1 Å². The molecule has 1 saturated heterocycles. The number of amides is 9. The van der Waals surface area contributed by atoms with Gasteiger partial charge in [0.2, 0.25) is 17.7 Å². The number of hydrogen-bond acceptors (Lipinski definition) is 11. The summed E-state index contributed by atoms with van der Waals surface area (Å²) >= 11 is 0. The predicted octanol–water partition coefficient (Wildman–Crippen LogP) is 5.25. The predicted molar refractivity (Wildman–Crippen MR) is 280 cm³/mol.